The molecule has 1 aliphatic carbocycles. The average Bonchev–Trinajstić information content (AvgIpc) is 2.88. The van der Waals surface area contributed by atoms with Crippen LogP contribution < -0.4 is 5.32 Å². The minimum atomic E-state index is -0.797. The van der Waals surface area contributed by atoms with Gasteiger partial charge in [-0.15, -0.1) is 0 Å². The van der Waals surface area contributed by atoms with Crippen molar-refractivity contribution in [3.8, 4) is 0 Å². The van der Waals surface area contributed by atoms with Crippen molar-refractivity contribution < 1.29 is 14.7 Å². The van der Waals surface area contributed by atoms with Gasteiger partial charge in [0, 0.05) is 19.1 Å². The zero-order valence-corrected chi connectivity index (χ0v) is 10.2. The number of likely N-dealkylation sites (tertiary alicyclic amines) is 1. The minimum absolute atomic E-state index is 0.0903. The third-order valence-corrected chi connectivity index (χ3v) is 4.00. The highest BCUT2D eigenvalue weighted by atomic mass is 16.4. The Morgan fingerprint density at radius 2 is 2.06 bits per heavy atom. The fraction of sp³-hybridized carbons (Fsp3) is 0.833. The van der Waals surface area contributed by atoms with Crippen molar-refractivity contribution >= 4 is 12.0 Å². The smallest absolute Gasteiger partial charge is 0.317 e. The van der Waals surface area contributed by atoms with E-state index in [0.717, 1.165) is 6.42 Å². The van der Waals surface area contributed by atoms with Crippen LogP contribution >= 0.6 is 0 Å². The molecule has 5 heteroatoms. The molecule has 2 N–H and O–H groups in total. The Labute approximate surface area is 101 Å². The summed E-state index contributed by atoms with van der Waals surface area (Å²) in [6, 6.07) is 0.180. The summed E-state index contributed by atoms with van der Waals surface area (Å²) < 4.78 is 0. The first-order valence-corrected chi connectivity index (χ1v) is 6.36. The third-order valence-electron chi connectivity index (χ3n) is 4.00. The number of nitrogens with zero attached hydrogens (tertiary/aromatic N) is 1. The molecular weight excluding hydrogens is 220 g/mol. The van der Waals surface area contributed by atoms with Crippen LogP contribution in [0.2, 0.25) is 0 Å². The van der Waals surface area contributed by atoms with E-state index in [1.807, 2.05) is 0 Å². The van der Waals surface area contributed by atoms with Crippen LogP contribution in [0.15, 0.2) is 0 Å². The van der Waals surface area contributed by atoms with Crippen molar-refractivity contribution in [2.45, 2.75) is 38.6 Å². The number of amides is 2. The molecule has 1 heterocycles. The molecule has 0 radical (unpaired) electrons. The van der Waals surface area contributed by atoms with E-state index in [0.29, 0.717) is 25.4 Å². The van der Waals surface area contributed by atoms with Gasteiger partial charge >= 0.3 is 12.0 Å². The highest BCUT2D eigenvalue weighted by Gasteiger charge is 2.33. The first-order chi connectivity index (χ1) is 8.08. The predicted molar refractivity (Wildman–Crippen MR) is 62.7 cm³/mol. The molecule has 3 unspecified atom stereocenters. The largest absolute Gasteiger partial charge is 0.481 e. The van der Waals surface area contributed by atoms with Crippen molar-refractivity contribution in [1.82, 2.24) is 10.2 Å². The maximum Gasteiger partial charge on any atom is 0.317 e. The molecule has 2 rings (SSSR count). The Morgan fingerprint density at radius 1 is 1.29 bits per heavy atom. The van der Waals surface area contributed by atoms with E-state index in [2.05, 4.69) is 12.2 Å². The van der Waals surface area contributed by atoms with Gasteiger partial charge in [0.25, 0.3) is 0 Å². The van der Waals surface area contributed by atoms with Crippen molar-refractivity contribution in [1.29, 1.82) is 0 Å². The van der Waals surface area contributed by atoms with Gasteiger partial charge in [0.2, 0.25) is 0 Å². The van der Waals surface area contributed by atoms with Crippen LogP contribution in [0, 0.1) is 11.8 Å². The minimum Gasteiger partial charge on any atom is -0.481 e. The van der Waals surface area contributed by atoms with Gasteiger partial charge in [-0.1, -0.05) is 13.3 Å². The fourth-order valence-corrected chi connectivity index (χ4v) is 2.76. The number of hydrogen-bond donors (Lipinski definition) is 2. The quantitative estimate of drug-likeness (QED) is 0.764. The van der Waals surface area contributed by atoms with E-state index >= 15 is 0 Å². The van der Waals surface area contributed by atoms with E-state index < -0.39 is 5.97 Å². The van der Waals surface area contributed by atoms with Gasteiger partial charge in [-0.05, 0) is 25.2 Å². The van der Waals surface area contributed by atoms with Gasteiger partial charge in [-0.2, -0.15) is 0 Å². The maximum absolute atomic E-state index is 11.9. The van der Waals surface area contributed by atoms with Gasteiger partial charge in [0.15, 0.2) is 0 Å². The van der Waals surface area contributed by atoms with E-state index in [-0.39, 0.29) is 18.0 Å². The molecule has 1 saturated heterocycles. The van der Waals surface area contributed by atoms with Gasteiger partial charge in [-0.25, -0.2) is 4.79 Å². The Balaban J connectivity index is 1.83. The van der Waals surface area contributed by atoms with Crippen LogP contribution in [-0.2, 0) is 4.79 Å². The first-order valence-electron chi connectivity index (χ1n) is 6.36. The molecular formula is C12H20N2O3. The Kier molecular flexibility index (Phi) is 3.54. The molecule has 1 aliphatic heterocycles. The molecule has 96 valence electrons. The number of nitrogens with one attached hydrogen (secondary N) is 1. The van der Waals surface area contributed by atoms with Gasteiger partial charge in [0.05, 0.1) is 5.92 Å². The molecule has 0 aromatic rings. The van der Waals surface area contributed by atoms with Crippen molar-refractivity contribution in [2.75, 3.05) is 13.1 Å². The molecule has 17 heavy (non-hydrogen) atoms. The Morgan fingerprint density at radius 3 is 2.59 bits per heavy atom. The first kappa shape index (κ1) is 12.2. The van der Waals surface area contributed by atoms with Crippen molar-refractivity contribution in [3.05, 3.63) is 0 Å². The molecule has 3 atom stereocenters. The van der Waals surface area contributed by atoms with Gasteiger partial charge in [0.1, 0.15) is 0 Å². The average molecular weight is 240 g/mol. The SMILES string of the molecule is CC1CCCC1NC(=O)N1CCC(C(=O)O)C1. The summed E-state index contributed by atoms with van der Waals surface area (Å²) in [5.74, 6) is -0.645. The third kappa shape index (κ3) is 2.70. The number of carbonyl (C=O) groups is 2. The lowest BCUT2D eigenvalue weighted by molar-refractivity contribution is -0.141. The predicted octanol–water partition coefficient (Wildman–Crippen LogP) is 1.29. The number of urea groups is 1. The van der Waals surface area contributed by atoms with Crippen LogP contribution in [0.4, 0.5) is 4.79 Å². The Hall–Kier alpha value is -1.26. The highest BCUT2D eigenvalue weighted by Crippen LogP contribution is 2.25. The summed E-state index contributed by atoms with van der Waals surface area (Å²) in [4.78, 5) is 24.4. The fourth-order valence-electron chi connectivity index (χ4n) is 2.76. The van der Waals surface area contributed by atoms with Crippen LogP contribution in [0.5, 0.6) is 0 Å². The highest BCUT2D eigenvalue weighted by molar-refractivity contribution is 5.77. The summed E-state index contributed by atoms with van der Waals surface area (Å²) in [7, 11) is 0. The number of aliphatic carboxylic acids is 1. The van der Waals surface area contributed by atoms with E-state index in [1.165, 1.54) is 12.8 Å². The molecule has 1 saturated carbocycles. The normalized spacial score (nSPS) is 32.8. The van der Waals surface area contributed by atoms with Crippen LogP contribution in [0.3, 0.4) is 0 Å². The lowest BCUT2D eigenvalue weighted by Crippen LogP contribution is -2.45. The van der Waals surface area contributed by atoms with Crippen LogP contribution in [0.25, 0.3) is 0 Å². The Bertz CT molecular complexity index is 319. The van der Waals surface area contributed by atoms with Crippen molar-refractivity contribution in [2.24, 2.45) is 11.8 Å². The van der Waals surface area contributed by atoms with E-state index in [1.54, 1.807) is 4.90 Å². The van der Waals surface area contributed by atoms with Gasteiger partial charge in [-0.3, -0.25) is 4.79 Å². The number of rotatable bonds is 2. The molecule has 2 amide bonds. The standard InChI is InChI=1S/C12H20N2O3/c1-8-3-2-4-10(8)13-12(17)14-6-5-9(7-14)11(15)16/h8-10H,2-7H2,1H3,(H,13,17)(H,15,16). The topological polar surface area (TPSA) is 69.6 Å². The second-order valence-electron chi connectivity index (χ2n) is 5.23. The molecule has 0 spiro atoms. The molecule has 5 nitrogen and oxygen atoms in total. The molecule has 0 bridgehead atoms. The maximum atomic E-state index is 11.9. The zero-order valence-electron chi connectivity index (χ0n) is 10.2. The monoisotopic (exact) mass is 240 g/mol. The molecule has 2 aliphatic rings. The summed E-state index contributed by atoms with van der Waals surface area (Å²) >= 11 is 0. The summed E-state index contributed by atoms with van der Waals surface area (Å²) in [6.07, 6.45) is 3.96. The number of carboxylic acids is 1. The summed E-state index contributed by atoms with van der Waals surface area (Å²) in [5, 5.41) is 11.9. The number of carbonyl (C=O) groups excluding carboxylic acids is 1. The molecule has 2 fully saturated rings. The van der Waals surface area contributed by atoms with Gasteiger partial charge < -0.3 is 15.3 Å². The lowest BCUT2D eigenvalue weighted by Gasteiger charge is -2.22. The summed E-state index contributed by atoms with van der Waals surface area (Å²) in [6.45, 7) is 3.06. The van der Waals surface area contributed by atoms with Crippen LogP contribution in [0.1, 0.15) is 32.6 Å². The second-order valence-corrected chi connectivity index (χ2v) is 5.23. The lowest BCUT2D eigenvalue weighted by atomic mass is 10.1. The van der Waals surface area contributed by atoms with Crippen LogP contribution in [-0.4, -0.2) is 41.1 Å². The number of carboxylic acid groups (broad SMARTS) is 1. The van der Waals surface area contributed by atoms with Crippen molar-refractivity contribution in [3.63, 3.8) is 0 Å². The molecule has 0 aromatic carbocycles. The number of hydrogen-bond acceptors (Lipinski definition) is 2. The van der Waals surface area contributed by atoms with E-state index in [4.69, 9.17) is 5.11 Å². The van der Waals surface area contributed by atoms with E-state index in [9.17, 15) is 9.59 Å². The molecule has 0 aromatic heterocycles. The summed E-state index contributed by atoms with van der Waals surface area (Å²) in [5.41, 5.74) is 0. The zero-order chi connectivity index (χ0) is 12.4. The second kappa shape index (κ2) is 4.94.